The summed E-state index contributed by atoms with van der Waals surface area (Å²) in [4.78, 5) is 2.78. The lowest BCUT2D eigenvalue weighted by Crippen LogP contribution is -2.58. The van der Waals surface area contributed by atoms with Crippen LogP contribution in [-0.2, 0) is 25.9 Å². The van der Waals surface area contributed by atoms with Crippen molar-refractivity contribution in [3.63, 3.8) is 0 Å². The lowest BCUT2D eigenvalue weighted by atomic mass is 9.80. The summed E-state index contributed by atoms with van der Waals surface area (Å²) in [5.74, 6) is -0.366. The minimum Gasteiger partial charge on any atom is -0.349 e. The molecule has 0 unspecified atom stereocenters. The quantitative estimate of drug-likeness (QED) is 0.546. The average Bonchev–Trinajstić information content (AvgIpc) is 3.20. The molecular weight excluding hydrogens is 448 g/mol. The Labute approximate surface area is 201 Å². The van der Waals surface area contributed by atoms with Gasteiger partial charge < -0.3 is 9.47 Å². The van der Waals surface area contributed by atoms with Crippen LogP contribution in [0.2, 0.25) is 0 Å². The maximum absolute atomic E-state index is 14.1. The van der Waals surface area contributed by atoms with Gasteiger partial charge in [-0.15, -0.1) is 0 Å². The van der Waals surface area contributed by atoms with Crippen molar-refractivity contribution in [2.24, 2.45) is 5.92 Å². The molecule has 2 fully saturated rings. The van der Waals surface area contributed by atoms with Crippen LogP contribution in [0.25, 0.3) is 10.9 Å². The third kappa shape index (κ3) is 3.28. The predicted molar refractivity (Wildman–Crippen MR) is 131 cm³/mol. The first-order chi connectivity index (χ1) is 16.4. The van der Waals surface area contributed by atoms with Crippen molar-refractivity contribution in [3.05, 3.63) is 65.4 Å². The summed E-state index contributed by atoms with van der Waals surface area (Å²) >= 11 is 0. The molecule has 2 atom stereocenters. The van der Waals surface area contributed by atoms with Crippen molar-refractivity contribution in [2.75, 3.05) is 26.3 Å². The maximum Gasteiger partial charge on any atom is 0.268 e. The topological polar surface area (TPSA) is 60.8 Å². The molecule has 6 nitrogen and oxygen atoms in total. The first kappa shape index (κ1) is 22.3. The summed E-state index contributed by atoms with van der Waals surface area (Å²) in [6.45, 7) is 7.33. The van der Waals surface area contributed by atoms with E-state index < -0.39 is 15.8 Å². The maximum atomic E-state index is 14.1. The summed E-state index contributed by atoms with van der Waals surface area (Å²) in [7, 11) is -3.78. The number of rotatable bonds is 3. The lowest BCUT2D eigenvalue weighted by Gasteiger charge is -2.53. The molecule has 0 bridgehead atoms. The Morgan fingerprint density at radius 1 is 1.06 bits per heavy atom. The van der Waals surface area contributed by atoms with Crippen molar-refractivity contribution < 1.29 is 17.9 Å². The van der Waals surface area contributed by atoms with Gasteiger partial charge in [0.05, 0.1) is 35.4 Å². The van der Waals surface area contributed by atoms with Gasteiger partial charge in [-0.2, -0.15) is 0 Å². The number of aryl methyl sites for hydroxylation is 1. The van der Waals surface area contributed by atoms with Gasteiger partial charge in [-0.05, 0) is 49.9 Å². The van der Waals surface area contributed by atoms with Crippen molar-refractivity contribution in [3.8, 4) is 0 Å². The Kier molecular flexibility index (Phi) is 5.37. The number of ether oxygens (including phenoxy) is 2. The van der Waals surface area contributed by atoms with Gasteiger partial charge in [-0.3, -0.25) is 4.90 Å². The molecule has 0 N–H and O–H groups in total. The zero-order valence-corrected chi connectivity index (χ0v) is 20.7. The highest BCUT2D eigenvalue weighted by atomic mass is 32.2. The third-order valence-corrected chi connectivity index (χ3v) is 9.71. The third-order valence-electron chi connectivity index (χ3n) is 7.97. The van der Waals surface area contributed by atoms with Gasteiger partial charge in [0.15, 0.2) is 5.79 Å². The number of piperidine rings is 1. The van der Waals surface area contributed by atoms with Crippen LogP contribution < -0.4 is 0 Å². The van der Waals surface area contributed by atoms with Crippen LogP contribution in [0, 0.1) is 12.8 Å². The van der Waals surface area contributed by atoms with E-state index in [0.717, 1.165) is 60.1 Å². The Balaban J connectivity index is 1.56. The van der Waals surface area contributed by atoms with Crippen LogP contribution >= 0.6 is 0 Å². The second-order valence-corrected chi connectivity index (χ2v) is 11.7. The summed E-state index contributed by atoms with van der Waals surface area (Å²) < 4.78 is 42.6. The van der Waals surface area contributed by atoms with Crippen LogP contribution in [0.5, 0.6) is 0 Å². The van der Waals surface area contributed by atoms with Gasteiger partial charge in [-0.1, -0.05) is 42.8 Å². The molecule has 3 aliphatic rings. The van der Waals surface area contributed by atoms with Crippen molar-refractivity contribution in [1.82, 2.24) is 8.87 Å². The molecule has 0 radical (unpaired) electrons. The number of aromatic nitrogens is 1. The van der Waals surface area contributed by atoms with Crippen molar-refractivity contribution in [2.45, 2.75) is 56.3 Å². The van der Waals surface area contributed by atoms with E-state index in [0.29, 0.717) is 24.5 Å². The number of hydrogen-bond acceptors (Lipinski definition) is 5. The predicted octanol–water partition coefficient (Wildman–Crippen LogP) is 4.65. The molecule has 1 spiro atoms. The van der Waals surface area contributed by atoms with E-state index in [4.69, 9.17) is 9.47 Å². The summed E-state index contributed by atoms with van der Waals surface area (Å²) in [5.41, 5.74) is 3.83. The first-order valence-corrected chi connectivity index (χ1v) is 13.8. The van der Waals surface area contributed by atoms with Gasteiger partial charge in [-0.25, -0.2) is 12.4 Å². The van der Waals surface area contributed by atoms with Crippen LogP contribution in [0.1, 0.15) is 49.0 Å². The number of hydrogen-bond donors (Lipinski definition) is 0. The fourth-order valence-electron chi connectivity index (χ4n) is 6.24. The Morgan fingerprint density at radius 2 is 1.79 bits per heavy atom. The van der Waals surface area contributed by atoms with E-state index in [2.05, 4.69) is 17.9 Å². The normalized spacial score (nSPS) is 24.8. The lowest BCUT2D eigenvalue weighted by molar-refractivity contribution is -0.318. The van der Waals surface area contributed by atoms with E-state index in [1.54, 1.807) is 16.1 Å². The molecule has 0 aliphatic carbocycles. The monoisotopic (exact) mass is 480 g/mol. The summed E-state index contributed by atoms with van der Waals surface area (Å²) in [6, 6.07) is 15.0. The van der Waals surface area contributed by atoms with E-state index >= 15 is 0 Å². The minimum atomic E-state index is -3.78. The van der Waals surface area contributed by atoms with Gasteiger partial charge in [0, 0.05) is 30.8 Å². The van der Waals surface area contributed by atoms with Gasteiger partial charge in [0.2, 0.25) is 0 Å². The molecule has 3 aromatic rings. The highest BCUT2D eigenvalue weighted by molar-refractivity contribution is 7.90. The smallest absolute Gasteiger partial charge is 0.268 e. The Hall–Kier alpha value is -2.19. The number of fused-ring (bicyclic) bond motifs is 5. The molecule has 0 amide bonds. The standard InChI is InChI=1S/C27H32N2O4S/c1-3-20-18-28-14-13-23-22-7-4-5-8-24(22)29(34(30,31)21-11-9-19(2)10-12-21)26(23)25(28)17-27(20)32-15-6-16-33-27/h4-5,7-12,20,25H,3,6,13-18H2,1-2H3/t20-,25-/m0/s1. The molecule has 6 rings (SSSR count). The van der Waals surface area contributed by atoms with Crippen LogP contribution in [0.15, 0.2) is 53.4 Å². The highest BCUT2D eigenvalue weighted by Crippen LogP contribution is 2.49. The number of para-hydroxylation sites is 1. The fourth-order valence-corrected chi connectivity index (χ4v) is 7.84. The molecule has 0 saturated carbocycles. The molecule has 2 aromatic carbocycles. The summed E-state index contributed by atoms with van der Waals surface area (Å²) in [6.07, 6.45) is 3.37. The minimum absolute atomic E-state index is 0.0720. The molecule has 7 heteroatoms. The highest BCUT2D eigenvalue weighted by Gasteiger charge is 2.52. The second-order valence-electron chi connectivity index (χ2n) is 9.90. The van der Waals surface area contributed by atoms with E-state index in [1.165, 1.54) is 0 Å². The molecule has 180 valence electrons. The zero-order valence-electron chi connectivity index (χ0n) is 19.9. The van der Waals surface area contributed by atoms with Gasteiger partial charge in [0.25, 0.3) is 10.0 Å². The van der Waals surface area contributed by atoms with E-state index in [9.17, 15) is 8.42 Å². The molecule has 34 heavy (non-hydrogen) atoms. The fraction of sp³-hybridized carbons (Fsp3) is 0.481. The van der Waals surface area contributed by atoms with Gasteiger partial charge >= 0.3 is 0 Å². The SMILES string of the molecule is CC[C@H]1CN2CCc3c(n(S(=O)(=O)c4ccc(C)cc4)c4ccccc34)[C@@H]2CC12OCCCO2. The second kappa shape index (κ2) is 8.19. The van der Waals surface area contributed by atoms with Crippen LogP contribution in [-0.4, -0.2) is 49.4 Å². The van der Waals surface area contributed by atoms with Crippen molar-refractivity contribution in [1.29, 1.82) is 0 Å². The average molecular weight is 481 g/mol. The Morgan fingerprint density at radius 3 is 2.53 bits per heavy atom. The molecular formula is C27H32N2O4S. The van der Waals surface area contributed by atoms with Crippen molar-refractivity contribution >= 4 is 20.9 Å². The van der Waals surface area contributed by atoms with Gasteiger partial charge in [0.1, 0.15) is 0 Å². The zero-order chi connectivity index (χ0) is 23.5. The van der Waals surface area contributed by atoms with E-state index in [1.807, 2.05) is 37.3 Å². The summed E-state index contributed by atoms with van der Waals surface area (Å²) in [5, 5.41) is 1.03. The largest absolute Gasteiger partial charge is 0.349 e. The van der Waals surface area contributed by atoms with E-state index in [-0.39, 0.29) is 12.0 Å². The molecule has 2 saturated heterocycles. The molecule has 1 aromatic heterocycles. The molecule has 3 aliphatic heterocycles. The van der Waals surface area contributed by atoms with Crippen LogP contribution in [0.4, 0.5) is 0 Å². The Bertz CT molecular complexity index is 1320. The molecule has 4 heterocycles. The first-order valence-electron chi connectivity index (χ1n) is 12.4. The van der Waals surface area contributed by atoms with Crippen LogP contribution in [0.3, 0.4) is 0 Å². The number of nitrogens with zero attached hydrogens (tertiary/aromatic N) is 2. The number of benzene rings is 2.